The topological polar surface area (TPSA) is 41.1 Å². The van der Waals surface area contributed by atoms with Crippen molar-refractivity contribution < 1.29 is 9.18 Å². The van der Waals surface area contributed by atoms with Gasteiger partial charge in [-0.05, 0) is 49.1 Å². The van der Waals surface area contributed by atoms with Crippen molar-refractivity contribution in [2.45, 2.75) is 38.8 Å². The Morgan fingerprint density at radius 2 is 2.35 bits per heavy atom. The number of nitrogens with one attached hydrogen (secondary N) is 2. The molecule has 0 saturated carbocycles. The molecule has 1 aliphatic heterocycles. The molecule has 2 rings (SSSR count). The molecule has 1 saturated heterocycles. The van der Waals surface area contributed by atoms with E-state index in [1.54, 1.807) is 6.07 Å². The van der Waals surface area contributed by atoms with Gasteiger partial charge in [-0.3, -0.25) is 4.79 Å². The highest BCUT2D eigenvalue weighted by atomic mass is 79.9. The summed E-state index contributed by atoms with van der Waals surface area (Å²) in [5, 5.41) is 6.13. The standard InChI is InChI=1S/C15H20BrFN2O/c1-2-10-5-6-18-14(7-10)15(20)19-9-11-8-12(17)3-4-13(11)16/h3-4,8,10,14,18H,2,5-7,9H2,1H3,(H,19,20). The minimum Gasteiger partial charge on any atom is -0.351 e. The monoisotopic (exact) mass is 342 g/mol. The number of rotatable bonds is 4. The molecule has 3 nitrogen and oxygen atoms in total. The van der Waals surface area contributed by atoms with E-state index >= 15 is 0 Å². The fourth-order valence-electron chi connectivity index (χ4n) is 2.55. The van der Waals surface area contributed by atoms with E-state index in [2.05, 4.69) is 33.5 Å². The normalized spacial score (nSPS) is 22.6. The van der Waals surface area contributed by atoms with E-state index in [0.717, 1.165) is 35.8 Å². The average molecular weight is 343 g/mol. The smallest absolute Gasteiger partial charge is 0.237 e. The highest BCUT2D eigenvalue weighted by molar-refractivity contribution is 9.10. The zero-order valence-electron chi connectivity index (χ0n) is 11.6. The van der Waals surface area contributed by atoms with Gasteiger partial charge in [0.2, 0.25) is 5.91 Å². The maximum absolute atomic E-state index is 13.2. The second-order valence-electron chi connectivity index (χ2n) is 5.26. The van der Waals surface area contributed by atoms with E-state index in [4.69, 9.17) is 0 Å². The van der Waals surface area contributed by atoms with Crippen LogP contribution in [0.1, 0.15) is 31.7 Å². The highest BCUT2D eigenvalue weighted by Crippen LogP contribution is 2.20. The highest BCUT2D eigenvalue weighted by Gasteiger charge is 2.25. The van der Waals surface area contributed by atoms with E-state index in [-0.39, 0.29) is 17.8 Å². The van der Waals surface area contributed by atoms with Crippen LogP contribution in [-0.2, 0) is 11.3 Å². The van der Waals surface area contributed by atoms with Crippen molar-refractivity contribution in [3.8, 4) is 0 Å². The fourth-order valence-corrected chi connectivity index (χ4v) is 2.94. The molecule has 0 aliphatic carbocycles. The number of hydrogen-bond acceptors (Lipinski definition) is 2. The van der Waals surface area contributed by atoms with E-state index < -0.39 is 0 Å². The Bertz CT molecular complexity index is 481. The van der Waals surface area contributed by atoms with Gasteiger partial charge >= 0.3 is 0 Å². The predicted octanol–water partition coefficient (Wildman–Crippen LogP) is 2.98. The van der Waals surface area contributed by atoms with E-state index in [0.29, 0.717) is 12.5 Å². The Morgan fingerprint density at radius 3 is 3.10 bits per heavy atom. The van der Waals surface area contributed by atoms with Crippen LogP contribution in [-0.4, -0.2) is 18.5 Å². The van der Waals surface area contributed by atoms with Crippen LogP contribution >= 0.6 is 15.9 Å². The summed E-state index contributed by atoms with van der Waals surface area (Å²) in [6.45, 7) is 3.39. The van der Waals surface area contributed by atoms with Crippen LogP contribution in [0.2, 0.25) is 0 Å². The van der Waals surface area contributed by atoms with Crippen molar-refractivity contribution >= 4 is 21.8 Å². The number of hydrogen-bond donors (Lipinski definition) is 2. The second-order valence-corrected chi connectivity index (χ2v) is 6.11. The first-order valence-corrected chi connectivity index (χ1v) is 7.84. The molecule has 0 radical (unpaired) electrons. The number of piperidine rings is 1. The largest absolute Gasteiger partial charge is 0.351 e. The third kappa shape index (κ3) is 4.03. The van der Waals surface area contributed by atoms with E-state index in [1.165, 1.54) is 12.1 Å². The Hall–Kier alpha value is -0.940. The quantitative estimate of drug-likeness (QED) is 0.883. The number of carbonyl (C=O) groups excluding carboxylic acids is 1. The van der Waals surface area contributed by atoms with Gasteiger partial charge in [0.1, 0.15) is 5.82 Å². The predicted molar refractivity (Wildman–Crippen MR) is 80.8 cm³/mol. The van der Waals surface area contributed by atoms with Gasteiger partial charge in [0, 0.05) is 11.0 Å². The number of halogens is 2. The Kier molecular flexibility index (Phi) is 5.54. The van der Waals surface area contributed by atoms with Crippen LogP contribution < -0.4 is 10.6 Å². The molecule has 1 amide bonds. The molecule has 2 atom stereocenters. The van der Waals surface area contributed by atoms with Crippen LogP contribution in [0.4, 0.5) is 4.39 Å². The molecule has 2 N–H and O–H groups in total. The van der Waals surface area contributed by atoms with Gasteiger partial charge < -0.3 is 10.6 Å². The first kappa shape index (κ1) is 15.4. The summed E-state index contributed by atoms with van der Waals surface area (Å²) in [4.78, 5) is 12.1. The van der Waals surface area contributed by atoms with Gasteiger partial charge in [-0.25, -0.2) is 4.39 Å². The molecule has 1 aliphatic rings. The van der Waals surface area contributed by atoms with Crippen molar-refractivity contribution in [1.82, 2.24) is 10.6 Å². The summed E-state index contributed by atoms with van der Waals surface area (Å²) in [5.74, 6) is 0.325. The average Bonchev–Trinajstić information content (AvgIpc) is 2.48. The second kappa shape index (κ2) is 7.18. The molecular weight excluding hydrogens is 323 g/mol. The molecule has 0 bridgehead atoms. The molecule has 0 aromatic heterocycles. The Labute approximate surface area is 127 Å². The first-order chi connectivity index (χ1) is 9.60. The van der Waals surface area contributed by atoms with Gasteiger partial charge in [-0.2, -0.15) is 0 Å². The minimum atomic E-state index is -0.292. The van der Waals surface area contributed by atoms with Crippen LogP contribution in [0.5, 0.6) is 0 Å². The molecule has 1 fully saturated rings. The molecule has 110 valence electrons. The maximum Gasteiger partial charge on any atom is 0.237 e. The third-order valence-corrected chi connectivity index (χ3v) is 4.64. The number of amides is 1. The molecule has 1 aromatic rings. The van der Waals surface area contributed by atoms with Crippen molar-refractivity contribution in [2.75, 3.05) is 6.54 Å². The molecule has 2 unspecified atom stereocenters. The van der Waals surface area contributed by atoms with Gasteiger partial charge in [0.05, 0.1) is 6.04 Å². The van der Waals surface area contributed by atoms with E-state index in [1.807, 2.05) is 0 Å². The molecule has 20 heavy (non-hydrogen) atoms. The number of carbonyl (C=O) groups is 1. The van der Waals surface area contributed by atoms with Gasteiger partial charge in [0.15, 0.2) is 0 Å². The Morgan fingerprint density at radius 1 is 1.55 bits per heavy atom. The van der Waals surface area contributed by atoms with Crippen LogP contribution in [0, 0.1) is 11.7 Å². The van der Waals surface area contributed by atoms with E-state index in [9.17, 15) is 9.18 Å². The lowest BCUT2D eigenvalue weighted by Crippen LogP contribution is -2.48. The fraction of sp³-hybridized carbons (Fsp3) is 0.533. The summed E-state index contributed by atoms with van der Waals surface area (Å²) in [6, 6.07) is 4.36. The SMILES string of the molecule is CCC1CCNC(C(=O)NCc2cc(F)ccc2Br)C1. The maximum atomic E-state index is 13.2. The summed E-state index contributed by atoms with van der Waals surface area (Å²) >= 11 is 3.36. The van der Waals surface area contributed by atoms with Gasteiger partial charge in [-0.1, -0.05) is 29.3 Å². The molecule has 1 aromatic carbocycles. The third-order valence-electron chi connectivity index (χ3n) is 3.87. The zero-order chi connectivity index (χ0) is 14.5. The summed E-state index contributed by atoms with van der Waals surface area (Å²) in [7, 11) is 0. The van der Waals surface area contributed by atoms with Crippen molar-refractivity contribution in [3.05, 3.63) is 34.1 Å². The number of benzene rings is 1. The summed E-state index contributed by atoms with van der Waals surface area (Å²) < 4.78 is 14.0. The van der Waals surface area contributed by atoms with Crippen LogP contribution in [0.3, 0.4) is 0 Å². The van der Waals surface area contributed by atoms with Gasteiger partial charge in [-0.15, -0.1) is 0 Å². The zero-order valence-corrected chi connectivity index (χ0v) is 13.2. The van der Waals surface area contributed by atoms with Crippen LogP contribution in [0.25, 0.3) is 0 Å². The van der Waals surface area contributed by atoms with Gasteiger partial charge in [0.25, 0.3) is 0 Å². The van der Waals surface area contributed by atoms with Crippen molar-refractivity contribution in [1.29, 1.82) is 0 Å². The molecular formula is C15H20BrFN2O. The molecule has 5 heteroatoms. The lowest BCUT2D eigenvalue weighted by Gasteiger charge is -2.28. The van der Waals surface area contributed by atoms with Crippen molar-refractivity contribution in [3.63, 3.8) is 0 Å². The Balaban J connectivity index is 1.90. The lowest BCUT2D eigenvalue weighted by molar-refractivity contribution is -0.124. The first-order valence-electron chi connectivity index (χ1n) is 7.05. The summed E-state index contributed by atoms with van der Waals surface area (Å²) in [6.07, 6.45) is 3.13. The lowest BCUT2D eigenvalue weighted by atomic mass is 9.90. The summed E-state index contributed by atoms with van der Waals surface area (Å²) in [5.41, 5.74) is 0.751. The molecule has 1 heterocycles. The van der Waals surface area contributed by atoms with Crippen LogP contribution in [0.15, 0.2) is 22.7 Å². The van der Waals surface area contributed by atoms with Crippen molar-refractivity contribution in [2.24, 2.45) is 5.92 Å². The minimum absolute atomic E-state index is 0.000638. The molecule has 0 spiro atoms.